The summed E-state index contributed by atoms with van der Waals surface area (Å²) in [6.07, 6.45) is 7.44. The van der Waals surface area contributed by atoms with Gasteiger partial charge in [0.05, 0.1) is 35.9 Å². The van der Waals surface area contributed by atoms with Crippen LogP contribution < -0.4 is 0 Å². The van der Waals surface area contributed by atoms with E-state index >= 15 is 0 Å². The topological polar surface area (TPSA) is 104 Å². The van der Waals surface area contributed by atoms with E-state index < -0.39 is 0 Å². The number of aromatic nitrogens is 4. The van der Waals surface area contributed by atoms with Gasteiger partial charge in [-0.15, -0.1) is 0 Å². The van der Waals surface area contributed by atoms with Crippen LogP contribution in [0.4, 0.5) is 0 Å². The Morgan fingerprint density at radius 3 is 1.41 bits per heavy atom. The summed E-state index contributed by atoms with van der Waals surface area (Å²) in [6, 6.07) is 36.4. The lowest BCUT2D eigenvalue weighted by Crippen LogP contribution is -2.43. The Balaban J connectivity index is 0.933. The van der Waals surface area contributed by atoms with Gasteiger partial charge in [0.15, 0.2) is 0 Å². The molecule has 2 fully saturated rings. The van der Waals surface area contributed by atoms with E-state index in [2.05, 4.69) is 89.4 Å². The maximum Gasteiger partial charge on any atom is 0.245 e. The second-order valence-corrected chi connectivity index (χ2v) is 15.7. The molecule has 4 heterocycles. The fourth-order valence-corrected chi connectivity index (χ4v) is 8.96. The Bertz CT molecular complexity index is 2280. The number of imidazole rings is 2. The quantitative estimate of drug-likeness (QED) is 0.122. The molecule has 10 nitrogen and oxygen atoms in total. The molecular weight excluding hydrogens is 721 g/mol. The fraction of sp³-hybridized carbons (Fsp3) is 0.333. The molecule has 2 N–H and O–H groups in total. The molecule has 0 aliphatic carbocycles. The van der Waals surface area contributed by atoms with Gasteiger partial charge in [0.2, 0.25) is 11.8 Å². The number of likely N-dealkylation sites (N-methyl/N-ethyl adjacent to an activating group) is 2. The molecule has 0 saturated carbocycles. The van der Waals surface area contributed by atoms with Crippen molar-refractivity contribution in [2.75, 3.05) is 40.3 Å². The summed E-state index contributed by atoms with van der Waals surface area (Å²) in [7, 11) is 3.92. The first-order chi connectivity index (χ1) is 28.3. The monoisotopic (exact) mass is 774 g/mol. The molecule has 0 radical (unpaired) electrons. The number of benzene rings is 4. The zero-order valence-corrected chi connectivity index (χ0v) is 34.0. The zero-order chi connectivity index (χ0) is 40.2. The Morgan fingerprint density at radius 2 is 1.00 bits per heavy atom. The van der Waals surface area contributed by atoms with Crippen LogP contribution in [0.25, 0.3) is 33.6 Å². The van der Waals surface area contributed by atoms with Crippen LogP contribution in [0, 0.1) is 0 Å². The molecule has 2 aromatic heterocycles. The molecule has 0 unspecified atom stereocenters. The smallest absolute Gasteiger partial charge is 0.245 e. The fourth-order valence-electron chi connectivity index (χ4n) is 8.96. The van der Waals surface area contributed by atoms with Crippen molar-refractivity contribution in [2.45, 2.75) is 63.7 Å². The lowest BCUT2D eigenvalue weighted by molar-refractivity contribution is -0.138. The van der Waals surface area contributed by atoms with Crippen molar-refractivity contribution < 1.29 is 9.59 Å². The number of hydrogen-bond acceptors (Lipinski definition) is 6. The highest BCUT2D eigenvalue weighted by molar-refractivity contribution is 5.85. The maximum absolute atomic E-state index is 14.2. The van der Waals surface area contributed by atoms with Gasteiger partial charge in [0, 0.05) is 13.1 Å². The van der Waals surface area contributed by atoms with Crippen LogP contribution in [0.1, 0.15) is 86.5 Å². The van der Waals surface area contributed by atoms with Gasteiger partial charge >= 0.3 is 0 Å². The molecular formula is C48H54N8O2. The first-order valence-corrected chi connectivity index (χ1v) is 20.8. The Kier molecular flexibility index (Phi) is 11.7. The van der Waals surface area contributed by atoms with Gasteiger partial charge < -0.3 is 19.8 Å². The minimum atomic E-state index is -0.342. The van der Waals surface area contributed by atoms with Crippen molar-refractivity contribution in [1.29, 1.82) is 0 Å². The van der Waals surface area contributed by atoms with Gasteiger partial charge in [0.25, 0.3) is 0 Å². The van der Waals surface area contributed by atoms with Crippen molar-refractivity contribution in [3.05, 3.63) is 144 Å². The van der Waals surface area contributed by atoms with Crippen molar-refractivity contribution in [2.24, 2.45) is 0 Å². The number of likely N-dealkylation sites (tertiary alicyclic amines) is 2. The number of hydrogen-bond donors (Lipinski definition) is 2. The van der Waals surface area contributed by atoms with Crippen molar-refractivity contribution >= 4 is 11.8 Å². The number of nitrogens with zero attached hydrogens (tertiary/aromatic N) is 6. The number of amides is 2. The second-order valence-electron chi connectivity index (χ2n) is 15.7. The number of rotatable bonds is 13. The molecule has 10 heteroatoms. The third-order valence-electron chi connectivity index (χ3n) is 12.0. The molecule has 2 saturated heterocycles. The van der Waals surface area contributed by atoms with E-state index in [0.717, 1.165) is 108 Å². The highest BCUT2D eigenvalue weighted by Crippen LogP contribution is 2.37. The Labute approximate surface area is 341 Å². The summed E-state index contributed by atoms with van der Waals surface area (Å²) < 4.78 is 0. The standard InChI is InChI=1S/C48H54N8O2/c1-5-54(6-2)44(38-17-11-8-12-18-38)48(58)56-30-14-20-42(56)46-50-32-40(52-46)36-27-23-34(24-28-36)33-21-25-35(26-22-33)39-31-49-45(51-39)41-19-13-29-55(41)47(57)43(53(3)4)37-15-9-7-10-16-37/h7-12,15-18,21-28,31-32,41-44H,5-6,13-14,19-20,29-30H2,1-4H3,(H,49,51)(H,50,52)/t41-,42-,43+,44+/m0/s1. The van der Waals surface area contributed by atoms with Crippen LogP contribution in [0.3, 0.4) is 0 Å². The minimum Gasteiger partial charge on any atom is -0.340 e. The number of nitrogens with one attached hydrogen (secondary N) is 2. The van der Waals surface area contributed by atoms with E-state index in [4.69, 9.17) is 9.97 Å². The summed E-state index contributed by atoms with van der Waals surface area (Å²) in [5.41, 5.74) is 8.23. The molecule has 0 bridgehead atoms. The zero-order valence-electron chi connectivity index (χ0n) is 34.0. The highest BCUT2D eigenvalue weighted by atomic mass is 16.2. The number of H-pyrrole nitrogens is 2. The van der Waals surface area contributed by atoms with Gasteiger partial charge in [-0.05, 0) is 86.2 Å². The van der Waals surface area contributed by atoms with Gasteiger partial charge in [-0.25, -0.2) is 9.97 Å². The number of aromatic amines is 2. The van der Waals surface area contributed by atoms with Crippen LogP contribution in [-0.2, 0) is 9.59 Å². The lowest BCUT2D eigenvalue weighted by Gasteiger charge is -2.34. The van der Waals surface area contributed by atoms with Crippen LogP contribution in [0.5, 0.6) is 0 Å². The SMILES string of the molecule is CCN(CC)[C@@H](C(=O)N1CCC[C@H]1c1ncc(-c2ccc(-c3ccc(-c4cnc([C@@H]5CCCN5C(=O)[C@@H](c5ccccc5)N(C)C)[nH]4)cc3)cc2)[nH]1)c1ccccc1. The van der Waals surface area contributed by atoms with Gasteiger partial charge in [-0.2, -0.15) is 0 Å². The molecule has 0 spiro atoms. The van der Waals surface area contributed by atoms with Gasteiger partial charge in [-0.1, -0.05) is 123 Å². The summed E-state index contributed by atoms with van der Waals surface area (Å²) >= 11 is 0. The Hall–Kier alpha value is -5.84. The summed E-state index contributed by atoms with van der Waals surface area (Å²) in [5, 5.41) is 0. The first-order valence-electron chi connectivity index (χ1n) is 20.8. The summed E-state index contributed by atoms with van der Waals surface area (Å²) in [6.45, 7) is 7.29. The number of carbonyl (C=O) groups is 2. The van der Waals surface area contributed by atoms with E-state index in [1.54, 1.807) is 0 Å². The largest absolute Gasteiger partial charge is 0.340 e. The normalized spacial score (nSPS) is 18.0. The van der Waals surface area contributed by atoms with E-state index in [-0.39, 0.29) is 36.0 Å². The molecule has 4 atom stereocenters. The number of carbonyl (C=O) groups excluding carboxylic acids is 2. The summed E-state index contributed by atoms with van der Waals surface area (Å²) in [5.74, 6) is 1.92. The molecule has 4 aromatic carbocycles. The first kappa shape index (κ1) is 39.0. The van der Waals surface area contributed by atoms with Crippen molar-refractivity contribution in [3.8, 4) is 33.6 Å². The van der Waals surface area contributed by atoms with Crippen molar-refractivity contribution in [3.63, 3.8) is 0 Å². The van der Waals surface area contributed by atoms with E-state index in [1.165, 1.54) is 0 Å². The third-order valence-corrected chi connectivity index (χ3v) is 12.0. The van der Waals surface area contributed by atoms with Crippen LogP contribution in [0.2, 0.25) is 0 Å². The molecule has 8 rings (SSSR count). The van der Waals surface area contributed by atoms with E-state index in [1.807, 2.05) is 89.7 Å². The predicted octanol–water partition coefficient (Wildman–Crippen LogP) is 8.85. The Morgan fingerprint density at radius 1 is 0.603 bits per heavy atom. The van der Waals surface area contributed by atoms with Crippen LogP contribution in [-0.4, -0.2) is 91.6 Å². The maximum atomic E-state index is 14.2. The molecule has 6 aromatic rings. The van der Waals surface area contributed by atoms with Gasteiger partial charge in [-0.3, -0.25) is 19.4 Å². The van der Waals surface area contributed by atoms with E-state index in [9.17, 15) is 9.59 Å². The average Bonchev–Trinajstić information content (AvgIpc) is 4.11. The molecule has 298 valence electrons. The second kappa shape index (κ2) is 17.3. The molecule has 2 amide bonds. The van der Waals surface area contributed by atoms with Gasteiger partial charge in [0.1, 0.15) is 23.7 Å². The lowest BCUT2D eigenvalue weighted by atomic mass is 10.0. The molecule has 2 aliphatic rings. The van der Waals surface area contributed by atoms with E-state index in [0.29, 0.717) is 0 Å². The van der Waals surface area contributed by atoms with Crippen LogP contribution >= 0.6 is 0 Å². The minimum absolute atomic E-state index is 0.0820. The molecule has 58 heavy (non-hydrogen) atoms. The average molecular weight is 775 g/mol. The van der Waals surface area contributed by atoms with Crippen molar-refractivity contribution in [1.82, 2.24) is 39.5 Å². The predicted molar refractivity (Wildman–Crippen MR) is 229 cm³/mol. The molecule has 2 aliphatic heterocycles. The van der Waals surface area contributed by atoms with Crippen LogP contribution in [0.15, 0.2) is 122 Å². The third kappa shape index (κ3) is 7.86. The summed E-state index contributed by atoms with van der Waals surface area (Å²) in [4.78, 5) is 53.2. The highest BCUT2D eigenvalue weighted by Gasteiger charge is 2.39.